The molecule has 0 aliphatic heterocycles. The molecule has 2 atom stereocenters. The van der Waals surface area contributed by atoms with Crippen LogP contribution in [0.25, 0.3) is 0 Å². The quantitative estimate of drug-likeness (QED) is 0.850. The van der Waals surface area contributed by atoms with E-state index in [4.69, 9.17) is 4.74 Å². The summed E-state index contributed by atoms with van der Waals surface area (Å²) in [6, 6.07) is 4.48. The van der Waals surface area contributed by atoms with Crippen LogP contribution in [0, 0.1) is 5.41 Å². The van der Waals surface area contributed by atoms with Crippen LogP contribution in [0.4, 0.5) is 0 Å². The lowest BCUT2D eigenvalue weighted by atomic mass is 9.58. The highest BCUT2D eigenvalue weighted by Crippen LogP contribution is 2.48. The van der Waals surface area contributed by atoms with Crippen LogP contribution in [0.1, 0.15) is 33.1 Å². The lowest BCUT2D eigenvalue weighted by Gasteiger charge is -2.55. The number of ether oxygens (including phenoxy) is 1. The summed E-state index contributed by atoms with van der Waals surface area (Å²) < 4.78 is 6.08. The highest BCUT2D eigenvalue weighted by Gasteiger charge is 2.53. The molecule has 0 saturated heterocycles. The van der Waals surface area contributed by atoms with Gasteiger partial charge in [0.05, 0.1) is 6.20 Å². The molecule has 3 heteroatoms. The molecule has 1 aliphatic carbocycles. The molecule has 1 fully saturated rings. The van der Waals surface area contributed by atoms with E-state index in [1.54, 1.807) is 12.4 Å². The molecule has 0 bridgehead atoms. The van der Waals surface area contributed by atoms with Gasteiger partial charge in [-0.2, -0.15) is 0 Å². The molecule has 1 N–H and O–H groups in total. The fraction of sp³-hybridized carbons (Fsp3) is 0.643. The molecular weight excluding hydrogens is 212 g/mol. The predicted molar refractivity (Wildman–Crippen MR) is 69.1 cm³/mol. The van der Waals surface area contributed by atoms with Gasteiger partial charge in [0.2, 0.25) is 0 Å². The zero-order chi connectivity index (χ0) is 12.3. The molecule has 2 unspecified atom stereocenters. The molecule has 0 aromatic carbocycles. The minimum atomic E-state index is 0.282. The van der Waals surface area contributed by atoms with Crippen molar-refractivity contribution < 1.29 is 4.74 Å². The van der Waals surface area contributed by atoms with Crippen molar-refractivity contribution in [3.8, 4) is 5.75 Å². The van der Waals surface area contributed by atoms with Crippen LogP contribution in [0.15, 0.2) is 24.5 Å². The van der Waals surface area contributed by atoms with Crippen LogP contribution in [-0.4, -0.2) is 24.2 Å². The van der Waals surface area contributed by atoms with E-state index in [1.807, 2.05) is 19.2 Å². The molecule has 17 heavy (non-hydrogen) atoms. The summed E-state index contributed by atoms with van der Waals surface area (Å²) in [5.41, 5.74) is 0.282. The van der Waals surface area contributed by atoms with E-state index in [1.165, 1.54) is 0 Å². The van der Waals surface area contributed by atoms with Crippen LogP contribution >= 0.6 is 0 Å². The number of hydrogen-bond donors (Lipinski definition) is 1. The highest BCUT2D eigenvalue weighted by molar-refractivity contribution is 5.18. The molecule has 1 aliphatic rings. The van der Waals surface area contributed by atoms with Crippen molar-refractivity contribution in [3.63, 3.8) is 0 Å². The van der Waals surface area contributed by atoms with E-state index in [0.717, 1.165) is 25.0 Å². The van der Waals surface area contributed by atoms with Crippen LogP contribution in [0.5, 0.6) is 5.75 Å². The average molecular weight is 234 g/mol. The van der Waals surface area contributed by atoms with Gasteiger partial charge in [-0.3, -0.25) is 4.98 Å². The zero-order valence-corrected chi connectivity index (χ0v) is 10.9. The molecule has 3 nitrogen and oxygen atoms in total. The first-order chi connectivity index (χ1) is 8.26. The Morgan fingerprint density at radius 3 is 2.76 bits per heavy atom. The van der Waals surface area contributed by atoms with Crippen molar-refractivity contribution in [3.05, 3.63) is 24.5 Å². The maximum absolute atomic E-state index is 6.08. The van der Waals surface area contributed by atoms with Crippen molar-refractivity contribution >= 4 is 0 Å². The third kappa shape index (κ3) is 2.04. The van der Waals surface area contributed by atoms with E-state index in [0.29, 0.717) is 12.1 Å². The monoisotopic (exact) mass is 234 g/mol. The fourth-order valence-corrected chi connectivity index (χ4v) is 3.10. The van der Waals surface area contributed by atoms with E-state index in [9.17, 15) is 0 Å². The molecule has 1 aromatic heterocycles. The molecule has 2 rings (SSSR count). The smallest absolute Gasteiger partial charge is 0.138 e. The van der Waals surface area contributed by atoms with Crippen molar-refractivity contribution in [1.82, 2.24) is 10.3 Å². The van der Waals surface area contributed by atoms with Gasteiger partial charge in [0.15, 0.2) is 0 Å². The second-order valence-electron chi connectivity index (χ2n) is 4.81. The van der Waals surface area contributed by atoms with Gasteiger partial charge >= 0.3 is 0 Å². The molecular formula is C14H22N2O. The third-order valence-electron chi connectivity index (χ3n) is 4.36. The van der Waals surface area contributed by atoms with E-state index in [-0.39, 0.29) is 5.41 Å². The van der Waals surface area contributed by atoms with Crippen molar-refractivity contribution in [1.29, 1.82) is 0 Å². The summed E-state index contributed by atoms with van der Waals surface area (Å²) in [5, 5.41) is 3.41. The van der Waals surface area contributed by atoms with Crippen LogP contribution in [0.2, 0.25) is 0 Å². The minimum Gasteiger partial charge on any atom is -0.488 e. The first-order valence-electron chi connectivity index (χ1n) is 6.50. The number of nitrogens with one attached hydrogen (secondary N) is 1. The predicted octanol–water partition coefficient (Wildman–Crippen LogP) is 2.63. The van der Waals surface area contributed by atoms with E-state index in [2.05, 4.69) is 24.1 Å². The Bertz CT molecular complexity index is 348. The van der Waals surface area contributed by atoms with Gasteiger partial charge in [0.1, 0.15) is 11.9 Å². The van der Waals surface area contributed by atoms with Crippen LogP contribution in [-0.2, 0) is 0 Å². The number of pyridine rings is 1. The van der Waals surface area contributed by atoms with Crippen LogP contribution in [0.3, 0.4) is 0 Å². The summed E-state index contributed by atoms with van der Waals surface area (Å²) >= 11 is 0. The molecule has 0 radical (unpaired) electrons. The second kappa shape index (κ2) is 5.05. The van der Waals surface area contributed by atoms with Gasteiger partial charge in [-0.25, -0.2) is 0 Å². The van der Waals surface area contributed by atoms with Gasteiger partial charge in [0.25, 0.3) is 0 Å². The SMILES string of the molecule is CCC1(CC)C(NC)CC1Oc1cccnc1. The molecule has 94 valence electrons. The fourth-order valence-electron chi connectivity index (χ4n) is 3.10. The van der Waals surface area contributed by atoms with Crippen molar-refractivity contribution in [2.75, 3.05) is 7.05 Å². The van der Waals surface area contributed by atoms with E-state index >= 15 is 0 Å². The van der Waals surface area contributed by atoms with Crippen LogP contribution < -0.4 is 10.1 Å². The average Bonchev–Trinajstić information content (AvgIpc) is 2.37. The second-order valence-corrected chi connectivity index (χ2v) is 4.81. The number of nitrogens with zero attached hydrogens (tertiary/aromatic N) is 1. The Morgan fingerprint density at radius 1 is 1.47 bits per heavy atom. The lowest BCUT2D eigenvalue weighted by molar-refractivity contribution is -0.0837. The Morgan fingerprint density at radius 2 is 2.24 bits per heavy atom. The molecule has 1 aromatic rings. The van der Waals surface area contributed by atoms with Crippen molar-refractivity contribution in [2.45, 2.75) is 45.3 Å². The minimum absolute atomic E-state index is 0.282. The van der Waals surface area contributed by atoms with Crippen molar-refractivity contribution in [2.24, 2.45) is 5.41 Å². The Balaban J connectivity index is 2.08. The number of hydrogen-bond acceptors (Lipinski definition) is 3. The van der Waals surface area contributed by atoms with Gasteiger partial charge in [-0.1, -0.05) is 13.8 Å². The Labute approximate surface area is 104 Å². The highest BCUT2D eigenvalue weighted by atomic mass is 16.5. The maximum atomic E-state index is 6.08. The van der Waals surface area contributed by atoms with Gasteiger partial charge in [0, 0.05) is 24.1 Å². The third-order valence-corrected chi connectivity index (χ3v) is 4.36. The topological polar surface area (TPSA) is 34.1 Å². The summed E-state index contributed by atoms with van der Waals surface area (Å²) in [6.45, 7) is 4.51. The van der Waals surface area contributed by atoms with Gasteiger partial charge < -0.3 is 10.1 Å². The molecule has 1 saturated carbocycles. The number of aromatic nitrogens is 1. The largest absolute Gasteiger partial charge is 0.488 e. The van der Waals surface area contributed by atoms with Gasteiger partial charge in [-0.05, 0) is 32.0 Å². The Hall–Kier alpha value is -1.09. The summed E-state index contributed by atoms with van der Waals surface area (Å²) in [7, 11) is 2.05. The van der Waals surface area contributed by atoms with Gasteiger partial charge in [-0.15, -0.1) is 0 Å². The standard InChI is InChI=1S/C14H22N2O/c1-4-14(5-2)12(15-3)9-13(14)17-11-7-6-8-16-10-11/h6-8,10,12-13,15H,4-5,9H2,1-3H3. The Kier molecular flexibility index (Phi) is 3.67. The zero-order valence-electron chi connectivity index (χ0n) is 10.9. The maximum Gasteiger partial charge on any atom is 0.138 e. The molecule has 1 heterocycles. The molecule has 0 spiro atoms. The van der Waals surface area contributed by atoms with E-state index < -0.39 is 0 Å². The summed E-state index contributed by atoms with van der Waals surface area (Å²) in [4.78, 5) is 4.09. The number of rotatable bonds is 5. The molecule has 0 amide bonds. The lowest BCUT2D eigenvalue weighted by Crippen LogP contribution is -2.63. The first-order valence-corrected chi connectivity index (χ1v) is 6.50. The normalized spacial score (nSPS) is 26.3. The summed E-state index contributed by atoms with van der Waals surface area (Å²) in [6.07, 6.45) is 7.28. The first kappa shape index (κ1) is 12.4. The summed E-state index contributed by atoms with van der Waals surface area (Å²) in [5.74, 6) is 0.887.